The maximum Gasteiger partial charge on any atom is 0.230 e. The molecule has 2 N–H and O–H groups in total. The van der Waals surface area contributed by atoms with E-state index in [9.17, 15) is 19.2 Å². The largest absolute Gasteiger partial charge is 0.492 e. The quantitative estimate of drug-likeness (QED) is 0.530. The van der Waals surface area contributed by atoms with Gasteiger partial charge in [0.1, 0.15) is 23.9 Å². The number of carbonyl (C=O) groups is 2. The summed E-state index contributed by atoms with van der Waals surface area (Å²) in [6, 6.07) is 9.81. The lowest BCUT2D eigenvalue weighted by molar-refractivity contribution is -0.134. The monoisotopic (exact) mass is 475 g/mol. The van der Waals surface area contributed by atoms with Crippen LogP contribution < -0.4 is 15.4 Å². The second kappa shape index (κ2) is 9.39. The molecule has 6 atom stereocenters. The highest BCUT2D eigenvalue weighted by Gasteiger charge is 2.80. The Bertz CT molecular complexity index is 956. The molecule has 2 amide bonds. The molecule has 178 valence electrons. The topological polar surface area (TPSA) is 97.7 Å². The second-order valence-electron chi connectivity index (χ2n) is 8.86. The standard InChI is InChI=1S/C23H30FN5O3S/c1-4-29-22(31)17-19(27-14-6-5-7-15(12-14)32-11-10-28(2)3)20(17)33-23(29)16(13-25)18(23)21(30)26-9-8-24/h5-7,12,16-20,27H,4,8-11H2,1-3H3,(H,26,30). The van der Waals surface area contributed by atoms with Gasteiger partial charge < -0.3 is 25.2 Å². The van der Waals surface area contributed by atoms with Gasteiger partial charge in [0, 0.05) is 36.6 Å². The van der Waals surface area contributed by atoms with E-state index in [2.05, 4.69) is 16.7 Å². The highest BCUT2D eigenvalue weighted by molar-refractivity contribution is 8.02. The van der Waals surface area contributed by atoms with E-state index >= 15 is 0 Å². The number of rotatable bonds is 10. The number of amides is 2. The highest BCUT2D eigenvalue weighted by atomic mass is 32.2. The molecule has 33 heavy (non-hydrogen) atoms. The number of likely N-dealkylation sites (N-methyl/N-ethyl adjacent to an activating group) is 1. The average molecular weight is 476 g/mol. The van der Waals surface area contributed by atoms with Crippen LogP contribution in [0.1, 0.15) is 6.92 Å². The molecular weight excluding hydrogens is 445 g/mol. The summed E-state index contributed by atoms with van der Waals surface area (Å²) in [7, 11) is 3.98. The first-order valence-corrected chi connectivity index (χ1v) is 12.1. The molecule has 4 rings (SSSR count). The van der Waals surface area contributed by atoms with Crippen LogP contribution >= 0.6 is 11.8 Å². The normalized spacial score (nSPS) is 31.7. The third-order valence-corrected chi connectivity index (χ3v) is 8.44. The van der Waals surface area contributed by atoms with Crippen molar-refractivity contribution in [3.05, 3.63) is 24.3 Å². The van der Waals surface area contributed by atoms with E-state index in [1.165, 1.54) is 0 Å². The predicted molar refractivity (Wildman–Crippen MR) is 124 cm³/mol. The van der Waals surface area contributed by atoms with Crippen molar-refractivity contribution in [2.75, 3.05) is 52.3 Å². The van der Waals surface area contributed by atoms with Crippen molar-refractivity contribution >= 4 is 29.3 Å². The Kier molecular flexibility index (Phi) is 6.73. The van der Waals surface area contributed by atoms with Crippen molar-refractivity contribution in [1.29, 1.82) is 5.26 Å². The minimum absolute atomic E-state index is 0.0200. The maximum atomic E-state index is 13.3. The van der Waals surface area contributed by atoms with Crippen molar-refractivity contribution in [2.24, 2.45) is 17.8 Å². The molecule has 2 saturated carbocycles. The van der Waals surface area contributed by atoms with Gasteiger partial charge in [0.2, 0.25) is 11.8 Å². The number of nitriles is 1. The van der Waals surface area contributed by atoms with Crippen LogP contribution in [-0.2, 0) is 9.59 Å². The van der Waals surface area contributed by atoms with Crippen molar-refractivity contribution in [3.8, 4) is 11.8 Å². The number of nitrogens with zero attached hydrogens (tertiary/aromatic N) is 3. The van der Waals surface area contributed by atoms with Gasteiger partial charge in [-0.2, -0.15) is 5.26 Å². The molecule has 1 heterocycles. The van der Waals surface area contributed by atoms with Crippen LogP contribution in [0.5, 0.6) is 5.75 Å². The Morgan fingerprint density at radius 1 is 1.42 bits per heavy atom. The number of nitrogens with one attached hydrogen (secondary N) is 2. The van der Waals surface area contributed by atoms with Gasteiger partial charge in [-0.15, -0.1) is 11.8 Å². The zero-order chi connectivity index (χ0) is 23.8. The van der Waals surface area contributed by atoms with E-state index in [1.807, 2.05) is 50.2 Å². The van der Waals surface area contributed by atoms with Crippen LogP contribution in [-0.4, -0.2) is 84.8 Å². The summed E-state index contributed by atoms with van der Waals surface area (Å²) < 4.78 is 18.4. The fraction of sp³-hybridized carbons (Fsp3) is 0.609. The molecule has 3 aliphatic rings. The Balaban J connectivity index is 1.46. The predicted octanol–water partition coefficient (Wildman–Crippen LogP) is 1.55. The number of hydrogen-bond acceptors (Lipinski definition) is 7. The zero-order valence-electron chi connectivity index (χ0n) is 19.1. The third-order valence-electron chi connectivity index (χ3n) is 6.47. The van der Waals surface area contributed by atoms with Gasteiger partial charge >= 0.3 is 0 Å². The molecule has 1 saturated heterocycles. The van der Waals surface area contributed by atoms with Crippen LogP contribution in [0.2, 0.25) is 0 Å². The first-order chi connectivity index (χ1) is 15.9. The average Bonchev–Trinajstić information content (AvgIpc) is 3.65. The van der Waals surface area contributed by atoms with Gasteiger partial charge in [-0.05, 0) is 33.2 Å². The lowest BCUT2D eigenvalue weighted by Gasteiger charge is -2.35. The number of benzene rings is 1. The summed E-state index contributed by atoms with van der Waals surface area (Å²) >= 11 is 1.55. The number of halogens is 1. The van der Waals surface area contributed by atoms with E-state index in [4.69, 9.17) is 4.74 Å². The minimum atomic E-state index is -0.865. The van der Waals surface area contributed by atoms with Gasteiger partial charge in [-0.1, -0.05) is 6.07 Å². The fourth-order valence-corrected chi connectivity index (χ4v) is 6.93. The first-order valence-electron chi connectivity index (χ1n) is 11.3. The molecule has 2 aliphatic carbocycles. The Morgan fingerprint density at radius 3 is 2.88 bits per heavy atom. The summed E-state index contributed by atoms with van der Waals surface area (Å²) in [6.07, 6.45) is 0. The number of hydrogen-bond donors (Lipinski definition) is 2. The Morgan fingerprint density at radius 2 is 2.21 bits per heavy atom. The number of anilines is 1. The molecule has 10 heteroatoms. The van der Waals surface area contributed by atoms with Crippen molar-refractivity contribution in [2.45, 2.75) is 23.1 Å². The van der Waals surface area contributed by atoms with E-state index < -0.39 is 23.4 Å². The molecule has 1 aromatic rings. The smallest absolute Gasteiger partial charge is 0.230 e. The molecule has 0 bridgehead atoms. The molecule has 0 aromatic heterocycles. The molecule has 6 unspecified atom stereocenters. The van der Waals surface area contributed by atoms with E-state index in [1.54, 1.807) is 16.7 Å². The summed E-state index contributed by atoms with van der Waals surface area (Å²) in [6.45, 7) is 2.92. The highest BCUT2D eigenvalue weighted by Crippen LogP contribution is 2.70. The van der Waals surface area contributed by atoms with Crippen LogP contribution in [0.15, 0.2) is 24.3 Å². The summed E-state index contributed by atoms with van der Waals surface area (Å²) in [5.74, 6) is -1.07. The van der Waals surface area contributed by atoms with Gasteiger partial charge in [-0.25, -0.2) is 4.39 Å². The van der Waals surface area contributed by atoms with E-state index in [-0.39, 0.29) is 35.6 Å². The van der Waals surface area contributed by atoms with Gasteiger partial charge in [0.25, 0.3) is 0 Å². The van der Waals surface area contributed by atoms with Crippen LogP contribution in [0.3, 0.4) is 0 Å². The maximum absolute atomic E-state index is 13.3. The molecule has 1 aliphatic heterocycles. The molecule has 3 fully saturated rings. The van der Waals surface area contributed by atoms with Crippen LogP contribution in [0.4, 0.5) is 10.1 Å². The van der Waals surface area contributed by atoms with Crippen molar-refractivity contribution in [1.82, 2.24) is 15.1 Å². The van der Waals surface area contributed by atoms with Crippen LogP contribution in [0.25, 0.3) is 0 Å². The van der Waals surface area contributed by atoms with E-state index in [0.29, 0.717) is 13.2 Å². The minimum Gasteiger partial charge on any atom is -0.492 e. The van der Waals surface area contributed by atoms with Crippen molar-refractivity contribution < 1.29 is 18.7 Å². The van der Waals surface area contributed by atoms with Crippen molar-refractivity contribution in [3.63, 3.8) is 0 Å². The fourth-order valence-electron chi connectivity index (χ4n) is 4.77. The van der Waals surface area contributed by atoms with Gasteiger partial charge in [0.15, 0.2) is 0 Å². The molecule has 1 aromatic carbocycles. The number of carbonyl (C=O) groups excluding carboxylic acids is 2. The number of ether oxygens (including phenoxy) is 1. The number of fused-ring (bicyclic) bond motifs is 1. The Labute approximate surface area is 197 Å². The number of alkyl halides is 1. The lowest BCUT2D eigenvalue weighted by Crippen LogP contribution is -2.48. The SMILES string of the molecule is CCN1C(=O)C2C(Nc3cccc(OCCN(C)C)c3)C2SC12C(C#N)C2C(=O)NCCF. The summed E-state index contributed by atoms with van der Waals surface area (Å²) in [5, 5.41) is 15.7. The van der Waals surface area contributed by atoms with Gasteiger partial charge in [-0.3, -0.25) is 9.59 Å². The summed E-state index contributed by atoms with van der Waals surface area (Å²) in [4.78, 5) is 28.8. The Hall–Kier alpha value is -2.51. The van der Waals surface area contributed by atoms with Crippen LogP contribution in [0, 0.1) is 29.1 Å². The first kappa shape index (κ1) is 23.6. The number of thioether (sulfide) groups is 1. The third kappa shape index (κ3) is 4.24. The molecule has 0 radical (unpaired) electrons. The van der Waals surface area contributed by atoms with Gasteiger partial charge in [0.05, 0.1) is 29.9 Å². The second-order valence-corrected chi connectivity index (χ2v) is 10.3. The molecule has 8 nitrogen and oxygen atoms in total. The molecule has 1 spiro atoms. The zero-order valence-corrected chi connectivity index (χ0v) is 19.9. The lowest BCUT2D eigenvalue weighted by atomic mass is 10.2. The van der Waals surface area contributed by atoms with E-state index in [0.717, 1.165) is 18.0 Å². The summed E-state index contributed by atoms with van der Waals surface area (Å²) in [5.41, 5.74) is 0.868. The molecular formula is C23H30FN5O3S.